The van der Waals surface area contributed by atoms with Crippen LogP contribution in [-0.2, 0) is 0 Å². The van der Waals surface area contributed by atoms with Gasteiger partial charge in [0.25, 0.3) is 11.6 Å². The van der Waals surface area contributed by atoms with Crippen LogP contribution < -0.4 is 29.0 Å². The third-order valence-corrected chi connectivity index (χ3v) is 7.41. The molecule has 0 bridgehead atoms. The SMILES string of the molecule is CC(C)[C@H](COc1cccc2c1O[C@@](C)(C(C)(C)C)O2)Nc1cccc2c1O[C@@](C)(C(C)(C)C)O2. The molecule has 4 rings (SSSR count). The Balaban J connectivity index is 1.51. The number of hydrogen-bond donors (Lipinski definition) is 1. The molecule has 0 saturated heterocycles. The van der Waals surface area contributed by atoms with Crippen LogP contribution in [0, 0.1) is 16.7 Å². The first-order chi connectivity index (χ1) is 16.1. The summed E-state index contributed by atoms with van der Waals surface area (Å²) in [5.41, 5.74) is 0.500. The van der Waals surface area contributed by atoms with E-state index in [1.807, 2.05) is 50.2 Å². The van der Waals surface area contributed by atoms with Crippen LogP contribution in [0.15, 0.2) is 36.4 Å². The van der Waals surface area contributed by atoms with Crippen molar-refractivity contribution in [3.8, 4) is 28.7 Å². The molecule has 0 unspecified atom stereocenters. The standard InChI is InChI=1S/C29H41NO5/c1-18(2)20(30-19-13-11-15-22-24(19)34-28(9,32-22)26(3,4)5)17-31-21-14-12-16-23-25(21)35-29(10,33-23)27(6,7)8/h11-16,18,20,30H,17H2,1-10H3/t20-,28-,29-/m0/s1. The predicted molar refractivity (Wildman–Crippen MR) is 139 cm³/mol. The summed E-state index contributed by atoms with van der Waals surface area (Å²) in [6.45, 7) is 21.4. The first kappa shape index (κ1) is 25.3. The van der Waals surface area contributed by atoms with Crippen LogP contribution in [0.25, 0.3) is 0 Å². The Morgan fingerprint density at radius 1 is 0.771 bits per heavy atom. The summed E-state index contributed by atoms with van der Waals surface area (Å²) in [6.07, 6.45) is 0. The molecule has 6 nitrogen and oxygen atoms in total. The zero-order valence-corrected chi connectivity index (χ0v) is 22.9. The van der Waals surface area contributed by atoms with Crippen molar-refractivity contribution in [1.82, 2.24) is 0 Å². The van der Waals surface area contributed by atoms with Crippen molar-refractivity contribution in [2.75, 3.05) is 11.9 Å². The molecule has 2 heterocycles. The van der Waals surface area contributed by atoms with Crippen LogP contribution in [0.4, 0.5) is 5.69 Å². The molecule has 2 aromatic carbocycles. The highest BCUT2D eigenvalue weighted by Crippen LogP contribution is 2.52. The molecule has 0 radical (unpaired) electrons. The lowest BCUT2D eigenvalue weighted by molar-refractivity contribution is -0.143. The second-order valence-corrected chi connectivity index (χ2v) is 12.3. The van der Waals surface area contributed by atoms with E-state index >= 15 is 0 Å². The Morgan fingerprint density at radius 2 is 1.29 bits per heavy atom. The van der Waals surface area contributed by atoms with Gasteiger partial charge < -0.3 is 29.0 Å². The molecule has 0 fully saturated rings. The lowest BCUT2D eigenvalue weighted by Crippen LogP contribution is -2.47. The lowest BCUT2D eigenvalue weighted by Gasteiger charge is -2.36. The number of rotatable bonds is 6. The second-order valence-electron chi connectivity index (χ2n) is 12.3. The van der Waals surface area contributed by atoms with Crippen molar-refractivity contribution >= 4 is 5.69 Å². The zero-order chi connectivity index (χ0) is 25.8. The molecule has 0 aromatic heterocycles. The van der Waals surface area contributed by atoms with Gasteiger partial charge in [0.2, 0.25) is 5.75 Å². The molecule has 0 aliphatic carbocycles. The Kier molecular flexibility index (Phi) is 6.10. The van der Waals surface area contributed by atoms with Gasteiger partial charge in [0, 0.05) is 24.7 Å². The summed E-state index contributed by atoms with van der Waals surface area (Å²) < 4.78 is 31.5. The fraction of sp³-hybridized carbons (Fsp3) is 0.586. The van der Waals surface area contributed by atoms with Crippen molar-refractivity contribution in [2.24, 2.45) is 16.7 Å². The molecule has 0 saturated carbocycles. The first-order valence-corrected chi connectivity index (χ1v) is 12.5. The minimum atomic E-state index is -0.758. The van der Waals surface area contributed by atoms with Crippen LogP contribution >= 0.6 is 0 Å². The molecule has 35 heavy (non-hydrogen) atoms. The maximum Gasteiger partial charge on any atom is 0.253 e. The van der Waals surface area contributed by atoms with E-state index in [9.17, 15) is 0 Å². The van der Waals surface area contributed by atoms with E-state index in [1.165, 1.54) is 0 Å². The molecule has 192 valence electrons. The Hall–Kier alpha value is -2.76. The number of para-hydroxylation sites is 2. The van der Waals surface area contributed by atoms with Gasteiger partial charge in [-0.25, -0.2) is 0 Å². The highest BCUT2D eigenvalue weighted by Gasteiger charge is 2.49. The first-order valence-electron chi connectivity index (χ1n) is 12.5. The number of nitrogens with one attached hydrogen (secondary N) is 1. The van der Waals surface area contributed by atoms with Gasteiger partial charge in [-0.1, -0.05) is 67.5 Å². The summed E-state index contributed by atoms with van der Waals surface area (Å²) in [6, 6.07) is 11.8. The van der Waals surface area contributed by atoms with Gasteiger partial charge in [-0.05, 0) is 30.2 Å². The topological polar surface area (TPSA) is 58.2 Å². The zero-order valence-electron chi connectivity index (χ0n) is 22.9. The molecule has 2 aliphatic heterocycles. The van der Waals surface area contributed by atoms with Crippen molar-refractivity contribution in [2.45, 2.75) is 86.9 Å². The molecular formula is C29H41NO5. The molecule has 3 atom stereocenters. The highest BCUT2D eigenvalue weighted by molar-refractivity contribution is 5.65. The van der Waals surface area contributed by atoms with Gasteiger partial charge in [0.05, 0.1) is 11.7 Å². The van der Waals surface area contributed by atoms with Gasteiger partial charge in [-0.3, -0.25) is 0 Å². The molecule has 2 aromatic rings. The maximum absolute atomic E-state index is 6.39. The van der Waals surface area contributed by atoms with E-state index in [4.69, 9.17) is 23.7 Å². The Morgan fingerprint density at radius 3 is 1.83 bits per heavy atom. The molecule has 6 heteroatoms. The van der Waals surface area contributed by atoms with E-state index in [0.717, 1.165) is 17.2 Å². The third-order valence-electron chi connectivity index (χ3n) is 7.41. The summed E-state index contributed by atoms with van der Waals surface area (Å²) in [4.78, 5) is 0. The van der Waals surface area contributed by atoms with Crippen LogP contribution in [0.1, 0.15) is 69.2 Å². The highest BCUT2D eigenvalue weighted by atomic mass is 16.7. The number of ether oxygens (including phenoxy) is 5. The fourth-order valence-electron chi connectivity index (χ4n) is 3.85. The monoisotopic (exact) mass is 483 g/mol. The molecule has 1 N–H and O–H groups in total. The van der Waals surface area contributed by atoms with Gasteiger partial charge in [-0.2, -0.15) is 0 Å². The minimum absolute atomic E-state index is 0.0266. The largest absolute Gasteiger partial charge is 0.487 e. The average Bonchev–Trinajstić information content (AvgIpc) is 3.28. The van der Waals surface area contributed by atoms with Gasteiger partial charge in [0.1, 0.15) is 6.61 Å². The van der Waals surface area contributed by atoms with Gasteiger partial charge >= 0.3 is 0 Å². The number of hydrogen-bond acceptors (Lipinski definition) is 6. The van der Waals surface area contributed by atoms with E-state index in [2.05, 4.69) is 60.7 Å². The fourth-order valence-corrected chi connectivity index (χ4v) is 3.85. The number of fused-ring (bicyclic) bond motifs is 2. The van der Waals surface area contributed by atoms with Crippen molar-refractivity contribution in [3.05, 3.63) is 36.4 Å². The molecular weight excluding hydrogens is 442 g/mol. The van der Waals surface area contributed by atoms with E-state index in [1.54, 1.807) is 0 Å². The lowest BCUT2D eigenvalue weighted by atomic mass is 9.87. The normalized spacial score (nSPS) is 24.0. The van der Waals surface area contributed by atoms with Gasteiger partial charge in [-0.15, -0.1) is 0 Å². The summed E-state index contributed by atoms with van der Waals surface area (Å²) in [5.74, 6) is 2.35. The van der Waals surface area contributed by atoms with E-state index in [0.29, 0.717) is 29.8 Å². The predicted octanol–water partition coefficient (Wildman–Crippen LogP) is 7.27. The third kappa shape index (κ3) is 4.60. The molecule has 0 amide bonds. The van der Waals surface area contributed by atoms with Gasteiger partial charge in [0.15, 0.2) is 23.0 Å². The smallest absolute Gasteiger partial charge is 0.253 e. The van der Waals surface area contributed by atoms with Crippen LogP contribution in [0.5, 0.6) is 28.7 Å². The molecule has 2 aliphatic rings. The van der Waals surface area contributed by atoms with Crippen LogP contribution in [0.3, 0.4) is 0 Å². The summed E-state index contributed by atoms with van der Waals surface area (Å²) in [5, 5.41) is 3.64. The number of anilines is 1. The second kappa shape index (κ2) is 8.42. The summed E-state index contributed by atoms with van der Waals surface area (Å²) >= 11 is 0. The number of benzene rings is 2. The van der Waals surface area contributed by atoms with Crippen molar-refractivity contribution < 1.29 is 23.7 Å². The maximum atomic E-state index is 6.39. The Labute approximate surface area is 210 Å². The quantitative estimate of drug-likeness (QED) is 0.466. The average molecular weight is 484 g/mol. The summed E-state index contributed by atoms with van der Waals surface area (Å²) in [7, 11) is 0. The molecule has 0 spiro atoms. The Bertz CT molecular complexity index is 1080. The minimum Gasteiger partial charge on any atom is -0.487 e. The van der Waals surface area contributed by atoms with E-state index in [-0.39, 0.29) is 16.9 Å². The van der Waals surface area contributed by atoms with Crippen LogP contribution in [-0.4, -0.2) is 24.2 Å². The van der Waals surface area contributed by atoms with Crippen molar-refractivity contribution in [1.29, 1.82) is 0 Å². The van der Waals surface area contributed by atoms with Crippen LogP contribution in [0.2, 0.25) is 0 Å². The van der Waals surface area contributed by atoms with E-state index < -0.39 is 11.6 Å². The van der Waals surface area contributed by atoms with Crippen molar-refractivity contribution in [3.63, 3.8) is 0 Å².